The van der Waals surface area contributed by atoms with Crippen LogP contribution in [0, 0.1) is 0 Å². The molecule has 3 aliphatic heterocycles. The molecule has 7 amide bonds. The van der Waals surface area contributed by atoms with Crippen molar-refractivity contribution in [2.24, 2.45) is 0 Å². The molecule has 0 aromatic carbocycles. The first-order valence-electron chi connectivity index (χ1n) is 35.3. The van der Waals surface area contributed by atoms with Crippen molar-refractivity contribution in [3.8, 4) is 0 Å². The van der Waals surface area contributed by atoms with Crippen molar-refractivity contribution in [3.63, 3.8) is 0 Å². The number of hydrogen-bond acceptors (Lipinski definition) is 34. The summed E-state index contributed by atoms with van der Waals surface area (Å²) in [6.45, 7) is 9.42. The maximum Gasteiger partial charge on any atom is 0.303 e. The fraction of sp³-hybridized carbons (Fsp3) is 0.776. The van der Waals surface area contributed by atoms with Gasteiger partial charge in [0, 0.05) is 128 Å². The fourth-order valence-corrected chi connectivity index (χ4v) is 11.2. The number of rotatable bonds is 50. The van der Waals surface area contributed by atoms with Crippen LogP contribution in [0.15, 0.2) is 0 Å². The molecular weight excluding hydrogens is 1440 g/mol. The summed E-state index contributed by atoms with van der Waals surface area (Å²) in [4.78, 5) is 190. The zero-order valence-electron chi connectivity index (χ0n) is 63.1. The van der Waals surface area contributed by atoms with Crippen molar-refractivity contribution < 1.29 is 158 Å². The minimum Gasteiger partial charge on any atom is -0.463 e. The highest BCUT2D eigenvalue weighted by Crippen LogP contribution is 2.30. The Hall–Kier alpha value is -8.39. The normalized spacial score (nSPS) is 23.0. The molecule has 3 rings (SSSR count). The molecule has 3 heterocycles. The van der Waals surface area contributed by atoms with Crippen LogP contribution < -0.4 is 31.9 Å². The average molecular weight is 1550 g/mol. The third-order valence-corrected chi connectivity index (χ3v) is 15.4. The van der Waals surface area contributed by atoms with Gasteiger partial charge in [-0.3, -0.25) is 76.8 Å². The molecule has 41 heteroatoms. The van der Waals surface area contributed by atoms with Crippen LogP contribution in [0.2, 0.25) is 0 Å². The predicted molar refractivity (Wildman–Crippen MR) is 364 cm³/mol. The number of amides is 7. The maximum atomic E-state index is 13.7. The molecule has 41 nitrogen and oxygen atoms in total. The van der Waals surface area contributed by atoms with Crippen molar-refractivity contribution in [3.05, 3.63) is 0 Å². The summed E-state index contributed by atoms with van der Waals surface area (Å²) in [5.41, 5.74) is 0. The molecule has 0 saturated carbocycles. The Bertz CT molecular complexity index is 2910. The van der Waals surface area contributed by atoms with Crippen LogP contribution >= 0.6 is 0 Å². The van der Waals surface area contributed by atoms with E-state index in [0.29, 0.717) is 19.3 Å². The van der Waals surface area contributed by atoms with Crippen LogP contribution in [0.4, 0.5) is 0 Å². The zero-order chi connectivity index (χ0) is 80.3. The van der Waals surface area contributed by atoms with Crippen LogP contribution in [0.3, 0.4) is 0 Å². The quantitative estimate of drug-likeness (QED) is 0.0173. The van der Waals surface area contributed by atoms with Gasteiger partial charge in [-0.05, 0) is 19.3 Å². The molecule has 3 aliphatic rings. The van der Waals surface area contributed by atoms with Crippen LogP contribution in [0.1, 0.15) is 115 Å². The Kier molecular flexibility index (Phi) is 45.0. The minimum absolute atomic E-state index is 0.0110. The van der Waals surface area contributed by atoms with E-state index in [4.69, 9.17) is 80.5 Å². The molecule has 0 radical (unpaired) electrons. The van der Waals surface area contributed by atoms with Gasteiger partial charge in [0.15, 0.2) is 43.3 Å². The summed E-state index contributed by atoms with van der Waals surface area (Å²) in [5, 5.41) is 25.4. The van der Waals surface area contributed by atoms with E-state index in [2.05, 4.69) is 31.9 Å². The van der Waals surface area contributed by atoms with Crippen LogP contribution in [0.25, 0.3) is 0 Å². The number of ether oxygens (including phenoxy) is 17. The first-order valence-corrected chi connectivity index (χ1v) is 35.3. The van der Waals surface area contributed by atoms with E-state index in [1.54, 1.807) is 0 Å². The van der Waals surface area contributed by atoms with Gasteiger partial charge in [0.25, 0.3) is 0 Å². The molecule has 0 aliphatic carbocycles. The lowest BCUT2D eigenvalue weighted by atomic mass is 9.96. The molecule has 14 unspecified atom stereocenters. The number of aliphatic hydroxyl groups excluding tert-OH is 1. The summed E-state index contributed by atoms with van der Waals surface area (Å²) in [6, 6.07) is -3.22. The second kappa shape index (κ2) is 51.9. The molecular formula is C67H108N8O33. The number of unbranched alkanes of at least 4 members (excludes halogenated alkanes) is 2. The van der Waals surface area contributed by atoms with Crippen molar-refractivity contribution >= 4 is 89.1 Å². The van der Waals surface area contributed by atoms with Gasteiger partial charge in [-0.25, -0.2) is 0 Å². The predicted octanol–water partition coefficient (Wildman–Crippen LogP) is -4.07. The lowest BCUT2D eigenvalue weighted by Gasteiger charge is -2.44. The fourth-order valence-electron chi connectivity index (χ4n) is 11.2. The Morgan fingerprint density at radius 2 is 0.769 bits per heavy atom. The Morgan fingerprint density at radius 1 is 0.389 bits per heavy atom. The van der Waals surface area contributed by atoms with Gasteiger partial charge in [-0.1, -0.05) is 6.42 Å². The zero-order valence-corrected chi connectivity index (χ0v) is 63.1. The van der Waals surface area contributed by atoms with Crippen molar-refractivity contribution in [2.45, 2.75) is 201 Å². The summed E-state index contributed by atoms with van der Waals surface area (Å²) >= 11 is 0. The van der Waals surface area contributed by atoms with E-state index in [0.717, 1.165) is 41.5 Å². The van der Waals surface area contributed by atoms with Gasteiger partial charge in [-0.15, -0.1) is 0 Å². The summed E-state index contributed by atoms with van der Waals surface area (Å²) in [6.07, 6.45) is -11.8. The van der Waals surface area contributed by atoms with E-state index in [1.165, 1.54) is 44.4 Å². The Balaban J connectivity index is 1.70. The molecule has 3 fully saturated rings. The van der Waals surface area contributed by atoms with Gasteiger partial charge >= 0.3 is 47.8 Å². The van der Waals surface area contributed by atoms with E-state index in [-0.39, 0.29) is 138 Å². The Labute approximate surface area is 625 Å². The number of carbonyl (C=O) groups excluding carboxylic acids is 15. The summed E-state index contributed by atoms with van der Waals surface area (Å²) in [7, 11) is 0. The van der Waals surface area contributed by atoms with Crippen molar-refractivity contribution in [2.75, 3.05) is 138 Å². The molecule has 0 bridgehead atoms. The van der Waals surface area contributed by atoms with Crippen LogP contribution in [0.5, 0.6) is 0 Å². The third-order valence-electron chi connectivity index (χ3n) is 15.4. The molecule has 0 aromatic heterocycles. The summed E-state index contributed by atoms with van der Waals surface area (Å²) in [5.74, 6) is -9.40. The smallest absolute Gasteiger partial charge is 0.303 e. The van der Waals surface area contributed by atoms with E-state index in [1.807, 2.05) is 0 Å². The molecule has 3 saturated heterocycles. The number of esters is 8. The minimum atomic E-state index is -1.36. The standard InChI is InChI=1S/C67H108N8O33/c1-39(77)71-50-32-51(101-45(7)83)52(36-98-42(4)80)106-65(50)95-29-26-92-23-17-68-55(88)33-74(34-56(89)69-18-24-93-27-30-96-66-59(72-40(2)78)63(104-48(10)86)61(102-46(8)84)53(107-66)37-99-43(5)81)20-15-21-75(58(91)16-13-12-14-22-76)35-57(90)70-19-25-94-28-31-97-67-60(73-41(3)79)64(105-49(11)87)62(103-47(9)85)54(108-67)38-100-44(6)82/h50-54,59-67,76H,12-38H2,1-11H3,(H,68,88)(H,69,89)(H,70,90)(H,71,77)(H,72,78)(H,73,79). The number of nitrogens with zero attached hydrogens (tertiary/aromatic N) is 2. The first kappa shape index (κ1) is 93.8. The SMILES string of the molecule is CC(=O)NC1CC(OC(C)=O)C(COC(C)=O)OC1OCCOCCNC(=O)CN(CCCN(CC(=O)NCCOCCOC1OC(COC(C)=O)C(OC(C)=O)C(OC(C)=O)C1NC(C)=O)C(=O)CCCCCO)CC(=O)NCCOCCOC1OC(COC(C)=O)C(OC(C)=O)C(OC(C)=O)C1NC(C)=O. The first-order chi connectivity index (χ1) is 51.3. The second-order valence-electron chi connectivity index (χ2n) is 24.9. The molecule has 7 N–H and O–H groups in total. The maximum absolute atomic E-state index is 13.7. The number of nitrogens with one attached hydrogen (secondary N) is 6. The van der Waals surface area contributed by atoms with Gasteiger partial charge in [0.1, 0.15) is 56.3 Å². The van der Waals surface area contributed by atoms with E-state index in [9.17, 15) is 77.0 Å². The van der Waals surface area contributed by atoms with Crippen molar-refractivity contribution in [1.29, 1.82) is 0 Å². The molecule has 614 valence electrons. The highest BCUT2D eigenvalue weighted by molar-refractivity contribution is 5.85. The average Bonchev–Trinajstić information content (AvgIpc) is 0.794. The van der Waals surface area contributed by atoms with Crippen LogP contribution in [-0.2, 0) is 152 Å². The van der Waals surface area contributed by atoms with Crippen molar-refractivity contribution in [1.82, 2.24) is 41.7 Å². The summed E-state index contributed by atoms with van der Waals surface area (Å²) < 4.78 is 95.4. The molecule has 0 spiro atoms. The van der Waals surface area contributed by atoms with Gasteiger partial charge in [0.2, 0.25) is 41.4 Å². The highest BCUT2D eigenvalue weighted by atomic mass is 16.7. The van der Waals surface area contributed by atoms with Gasteiger partial charge < -0.3 is 122 Å². The van der Waals surface area contributed by atoms with Gasteiger partial charge in [-0.2, -0.15) is 0 Å². The molecule has 108 heavy (non-hydrogen) atoms. The van der Waals surface area contributed by atoms with E-state index < -0.39 is 195 Å². The lowest BCUT2D eigenvalue weighted by Crippen LogP contribution is -2.66. The molecule has 14 atom stereocenters. The third kappa shape index (κ3) is 39.1. The monoisotopic (exact) mass is 1550 g/mol. The second-order valence-corrected chi connectivity index (χ2v) is 24.9. The molecule has 0 aromatic rings. The number of aliphatic hydroxyl groups is 1. The highest BCUT2D eigenvalue weighted by Gasteiger charge is 2.53. The number of carbonyl (C=O) groups is 15. The van der Waals surface area contributed by atoms with Gasteiger partial charge in [0.05, 0.1) is 85.1 Å². The van der Waals surface area contributed by atoms with Crippen LogP contribution in [-0.4, -0.2) is 328 Å². The number of hydrogen-bond donors (Lipinski definition) is 7. The largest absolute Gasteiger partial charge is 0.463 e. The van der Waals surface area contributed by atoms with E-state index >= 15 is 0 Å². The Morgan fingerprint density at radius 3 is 1.16 bits per heavy atom. The topological polar surface area (TPSA) is 512 Å². The lowest BCUT2D eigenvalue weighted by molar-refractivity contribution is -0.279.